The SMILES string of the molecule is COc1ccc([C@]2(OC)CCCn3nc(/C=C/c4ccc(-n5cnc(C)c5)c(OC)c4)nc32)cc1. The standard InChI is InChI=1S/C27H29N5O3/c1-19-17-31(18-28-19)23-12-6-20(16-24(23)34-3)7-13-25-29-26-27(35-4,14-5-15-32(26)30-25)21-8-10-22(33-2)11-9-21/h6-13,16-18H,5,14-15H2,1-4H3/b13-7+/t27-/m1/s1. The maximum absolute atomic E-state index is 6.12. The van der Waals surface area contributed by atoms with E-state index in [0.717, 1.165) is 59.2 Å². The summed E-state index contributed by atoms with van der Waals surface area (Å²) >= 11 is 0. The fraction of sp³-hybridized carbons (Fsp3) is 0.296. The molecule has 0 saturated carbocycles. The predicted molar refractivity (Wildman–Crippen MR) is 134 cm³/mol. The number of hydrogen-bond donors (Lipinski definition) is 0. The molecule has 0 fully saturated rings. The Labute approximate surface area is 204 Å². The Morgan fingerprint density at radius 1 is 1.00 bits per heavy atom. The molecule has 5 rings (SSSR count). The van der Waals surface area contributed by atoms with E-state index in [1.165, 1.54) is 0 Å². The zero-order valence-corrected chi connectivity index (χ0v) is 20.4. The molecule has 0 radical (unpaired) electrons. The van der Waals surface area contributed by atoms with E-state index in [0.29, 0.717) is 5.82 Å². The van der Waals surface area contributed by atoms with Gasteiger partial charge in [-0.25, -0.2) is 14.6 Å². The molecule has 0 unspecified atom stereocenters. The third kappa shape index (κ3) is 4.21. The Kier molecular flexibility index (Phi) is 6.13. The molecule has 8 heteroatoms. The second kappa shape index (κ2) is 9.38. The Balaban J connectivity index is 1.45. The Hall–Kier alpha value is -3.91. The molecule has 1 aliphatic rings. The maximum atomic E-state index is 6.12. The molecule has 0 saturated heterocycles. The predicted octanol–water partition coefficient (Wildman–Crippen LogP) is 4.64. The van der Waals surface area contributed by atoms with Gasteiger partial charge in [-0.15, -0.1) is 0 Å². The van der Waals surface area contributed by atoms with Crippen LogP contribution >= 0.6 is 0 Å². The second-order valence-electron chi connectivity index (χ2n) is 8.57. The first-order valence-electron chi connectivity index (χ1n) is 11.6. The average Bonchev–Trinajstić information content (AvgIpc) is 3.53. The van der Waals surface area contributed by atoms with Crippen LogP contribution in [-0.2, 0) is 16.9 Å². The van der Waals surface area contributed by atoms with Crippen molar-refractivity contribution in [1.82, 2.24) is 24.3 Å². The van der Waals surface area contributed by atoms with E-state index in [1.807, 2.05) is 77.0 Å². The number of benzene rings is 2. The van der Waals surface area contributed by atoms with E-state index >= 15 is 0 Å². The van der Waals surface area contributed by atoms with Crippen LogP contribution in [0.5, 0.6) is 11.5 Å². The van der Waals surface area contributed by atoms with E-state index in [2.05, 4.69) is 4.98 Å². The zero-order valence-electron chi connectivity index (χ0n) is 20.4. The van der Waals surface area contributed by atoms with Crippen molar-refractivity contribution in [2.24, 2.45) is 0 Å². The molecule has 4 aromatic rings. The maximum Gasteiger partial charge on any atom is 0.174 e. The minimum Gasteiger partial charge on any atom is -0.497 e. The highest BCUT2D eigenvalue weighted by molar-refractivity contribution is 5.69. The van der Waals surface area contributed by atoms with Crippen LogP contribution in [0.4, 0.5) is 0 Å². The van der Waals surface area contributed by atoms with Gasteiger partial charge in [-0.1, -0.05) is 24.3 Å². The molecule has 1 atom stereocenters. The van der Waals surface area contributed by atoms with Gasteiger partial charge in [0.25, 0.3) is 0 Å². The van der Waals surface area contributed by atoms with Gasteiger partial charge >= 0.3 is 0 Å². The normalized spacial score (nSPS) is 17.5. The van der Waals surface area contributed by atoms with Gasteiger partial charge in [0, 0.05) is 19.9 Å². The Morgan fingerprint density at radius 2 is 1.83 bits per heavy atom. The Bertz CT molecular complexity index is 1360. The van der Waals surface area contributed by atoms with E-state index in [9.17, 15) is 0 Å². The summed E-state index contributed by atoms with van der Waals surface area (Å²) in [4.78, 5) is 9.19. The first kappa shape index (κ1) is 22.9. The van der Waals surface area contributed by atoms with Crippen molar-refractivity contribution in [2.75, 3.05) is 21.3 Å². The summed E-state index contributed by atoms with van der Waals surface area (Å²) in [5.41, 5.74) is 3.28. The molecular formula is C27H29N5O3. The topological polar surface area (TPSA) is 76.2 Å². The summed E-state index contributed by atoms with van der Waals surface area (Å²) in [5, 5.41) is 4.75. The van der Waals surface area contributed by atoms with Crippen molar-refractivity contribution in [1.29, 1.82) is 0 Å². The van der Waals surface area contributed by atoms with Crippen molar-refractivity contribution in [3.8, 4) is 17.2 Å². The van der Waals surface area contributed by atoms with Gasteiger partial charge in [-0.2, -0.15) is 5.10 Å². The van der Waals surface area contributed by atoms with Gasteiger partial charge < -0.3 is 18.8 Å². The molecule has 8 nitrogen and oxygen atoms in total. The molecular weight excluding hydrogens is 442 g/mol. The average molecular weight is 472 g/mol. The number of imidazole rings is 1. The lowest BCUT2D eigenvalue weighted by Gasteiger charge is -2.35. The smallest absolute Gasteiger partial charge is 0.174 e. The van der Waals surface area contributed by atoms with Crippen molar-refractivity contribution in [3.63, 3.8) is 0 Å². The number of aryl methyl sites for hydroxylation is 2. The number of nitrogens with zero attached hydrogens (tertiary/aromatic N) is 5. The fourth-order valence-electron chi connectivity index (χ4n) is 4.65. The van der Waals surface area contributed by atoms with Crippen LogP contribution in [0.25, 0.3) is 17.8 Å². The van der Waals surface area contributed by atoms with Crippen molar-refractivity contribution >= 4 is 12.2 Å². The van der Waals surface area contributed by atoms with Crippen LogP contribution in [0.15, 0.2) is 55.0 Å². The number of aromatic nitrogens is 5. The quantitative estimate of drug-likeness (QED) is 0.391. The van der Waals surface area contributed by atoms with Crippen LogP contribution in [0, 0.1) is 6.92 Å². The molecule has 2 aromatic heterocycles. The van der Waals surface area contributed by atoms with Gasteiger partial charge in [0.15, 0.2) is 17.2 Å². The lowest BCUT2D eigenvalue weighted by molar-refractivity contribution is -0.00953. The summed E-state index contributed by atoms with van der Waals surface area (Å²) in [5.74, 6) is 3.04. The molecule has 3 heterocycles. The number of rotatable bonds is 7. The molecule has 0 amide bonds. The number of methoxy groups -OCH3 is 3. The number of hydrogen-bond acceptors (Lipinski definition) is 6. The second-order valence-corrected chi connectivity index (χ2v) is 8.57. The highest BCUT2D eigenvalue weighted by Crippen LogP contribution is 2.40. The summed E-state index contributed by atoms with van der Waals surface area (Å²) in [6, 6.07) is 14.0. The lowest BCUT2D eigenvalue weighted by atomic mass is 9.86. The van der Waals surface area contributed by atoms with E-state index in [4.69, 9.17) is 24.3 Å². The van der Waals surface area contributed by atoms with E-state index < -0.39 is 5.60 Å². The minimum atomic E-state index is -0.641. The Morgan fingerprint density at radius 3 is 2.51 bits per heavy atom. The summed E-state index contributed by atoms with van der Waals surface area (Å²) < 4.78 is 21.0. The molecule has 0 N–H and O–H groups in total. The molecule has 35 heavy (non-hydrogen) atoms. The van der Waals surface area contributed by atoms with Gasteiger partial charge in [0.1, 0.15) is 11.5 Å². The molecule has 2 aromatic carbocycles. The van der Waals surface area contributed by atoms with Crippen molar-refractivity contribution < 1.29 is 14.2 Å². The first-order valence-corrected chi connectivity index (χ1v) is 11.6. The monoisotopic (exact) mass is 471 g/mol. The van der Waals surface area contributed by atoms with E-state index in [-0.39, 0.29) is 0 Å². The van der Waals surface area contributed by atoms with Gasteiger partial charge in [0.05, 0.1) is 31.9 Å². The minimum absolute atomic E-state index is 0.641. The van der Waals surface area contributed by atoms with Crippen LogP contribution in [0.3, 0.4) is 0 Å². The third-order valence-corrected chi connectivity index (χ3v) is 6.47. The van der Waals surface area contributed by atoms with Crippen LogP contribution in [0.2, 0.25) is 0 Å². The number of fused-ring (bicyclic) bond motifs is 1. The largest absolute Gasteiger partial charge is 0.497 e. The molecule has 0 aliphatic carbocycles. The fourth-order valence-corrected chi connectivity index (χ4v) is 4.65. The molecule has 0 bridgehead atoms. The van der Waals surface area contributed by atoms with Crippen molar-refractivity contribution in [3.05, 3.63) is 83.5 Å². The van der Waals surface area contributed by atoms with Crippen LogP contribution in [-0.4, -0.2) is 45.6 Å². The highest BCUT2D eigenvalue weighted by Gasteiger charge is 2.41. The highest BCUT2D eigenvalue weighted by atomic mass is 16.5. The van der Waals surface area contributed by atoms with E-state index in [1.54, 1.807) is 27.7 Å². The summed E-state index contributed by atoms with van der Waals surface area (Å²) in [7, 11) is 5.07. The summed E-state index contributed by atoms with van der Waals surface area (Å²) in [6.45, 7) is 2.77. The lowest BCUT2D eigenvalue weighted by Crippen LogP contribution is -2.37. The van der Waals surface area contributed by atoms with Gasteiger partial charge in [-0.3, -0.25) is 0 Å². The third-order valence-electron chi connectivity index (χ3n) is 6.47. The van der Waals surface area contributed by atoms with Crippen molar-refractivity contribution in [2.45, 2.75) is 31.9 Å². The van der Waals surface area contributed by atoms with Gasteiger partial charge in [0.2, 0.25) is 0 Å². The number of ether oxygens (including phenoxy) is 3. The summed E-state index contributed by atoms with van der Waals surface area (Å²) in [6.07, 6.45) is 9.46. The van der Waals surface area contributed by atoms with Gasteiger partial charge in [-0.05, 0) is 61.2 Å². The van der Waals surface area contributed by atoms with Crippen LogP contribution in [0.1, 0.15) is 41.3 Å². The van der Waals surface area contributed by atoms with Crippen LogP contribution < -0.4 is 9.47 Å². The zero-order chi connectivity index (χ0) is 24.4. The molecule has 1 aliphatic heterocycles. The first-order chi connectivity index (χ1) is 17.1. The molecule has 180 valence electrons. The molecule has 0 spiro atoms.